The highest BCUT2D eigenvalue weighted by Gasteiger charge is 2.18. The second kappa shape index (κ2) is 8.28. The van der Waals surface area contributed by atoms with Crippen molar-refractivity contribution in [2.75, 3.05) is 12.4 Å². The number of benzene rings is 1. The van der Waals surface area contributed by atoms with Gasteiger partial charge in [0.2, 0.25) is 11.0 Å². The standard InChI is InChI=1S/C19H20ClN3O4S/c1-9(2)5-17-22-23-19(28-17)21-16(24)7-12-10(3)11-6-13(20)15(26-4)8-14(11)27-18(12)25/h6,8-9H,5,7H2,1-4H3,(H,21,23,24). The van der Waals surface area contributed by atoms with Crippen LogP contribution >= 0.6 is 22.9 Å². The molecule has 9 heteroatoms. The molecule has 2 aromatic heterocycles. The largest absolute Gasteiger partial charge is 0.495 e. The van der Waals surface area contributed by atoms with E-state index in [0.29, 0.717) is 38.4 Å². The van der Waals surface area contributed by atoms with Crippen LogP contribution in [0.15, 0.2) is 21.3 Å². The number of amides is 1. The zero-order chi connectivity index (χ0) is 20.4. The average molecular weight is 422 g/mol. The van der Waals surface area contributed by atoms with Crippen LogP contribution in [0.4, 0.5) is 5.13 Å². The van der Waals surface area contributed by atoms with Gasteiger partial charge in [-0.05, 0) is 24.5 Å². The van der Waals surface area contributed by atoms with Crippen molar-refractivity contribution in [2.45, 2.75) is 33.6 Å². The Labute approximate surface area is 170 Å². The summed E-state index contributed by atoms with van der Waals surface area (Å²) in [5.41, 5.74) is 0.708. The van der Waals surface area contributed by atoms with Crippen LogP contribution < -0.4 is 15.7 Å². The van der Waals surface area contributed by atoms with E-state index in [1.807, 2.05) is 0 Å². The second-order valence-corrected chi connectivity index (χ2v) is 8.27. The number of aromatic nitrogens is 2. The molecule has 0 bridgehead atoms. The summed E-state index contributed by atoms with van der Waals surface area (Å²) < 4.78 is 10.5. The number of carbonyl (C=O) groups excluding carboxylic acids is 1. The van der Waals surface area contributed by atoms with Crippen LogP contribution in [0.3, 0.4) is 0 Å². The SMILES string of the molecule is COc1cc2oc(=O)c(CC(=O)Nc3nnc(CC(C)C)s3)c(C)c2cc1Cl. The fourth-order valence-corrected chi connectivity index (χ4v) is 4.02. The number of rotatable bonds is 6. The first-order chi connectivity index (χ1) is 13.3. The number of nitrogens with zero attached hydrogens (tertiary/aromatic N) is 2. The molecule has 0 fully saturated rings. The minimum atomic E-state index is -0.567. The Kier molecular flexibility index (Phi) is 6.00. The summed E-state index contributed by atoms with van der Waals surface area (Å²) in [4.78, 5) is 24.8. The van der Waals surface area contributed by atoms with Crippen molar-refractivity contribution in [3.05, 3.63) is 43.7 Å². The molecule has 7 nitrogen and oxygen atoms in total. The second-order valence-electron chi connectivity index (χ2n) is 6.80. The predicted molar refractivity (Wildman–Crippen MR) is 110 cm³/mol. The normalized spacial score (nSPS) is 11.2. The quantitative estimate of drug-likeness (QED) is 0.604. The first-order valence-electron chi connectivity index (χ1n) is 8.70. The minimum absolute atomic E-state index is 0.132. The smallest absolute Gasteiger partial charge is 0.340 e. The number of methoxy groups -OCH3 is 1. The van der Waals surface area contributed by atoms with Crippen molar-refractivity contribution in [3.8, 4) is 5.75 Å². The fourth-order valence-electron chi connectivity index (χ4n) is 2.81. The Morgan fingerprint density at radius 2 is 2.11 bits per heavy atom. The molecule has 2 heterocycles. The van der Waals surface area contributed by atoms with Crippen LogP contribution in [0.1, 0.15) is 30.0 Å². The number of fused-ring (bicyclic) bond motifs is 1. The van der Waals surface area contributed by atoms with Crippen LogP contribution in [-0.2, 0) is 17.6 Å². The third-order valence-electron chi connectivity index (χ3n) is 4.19. The molecule has 0 aliphatic heterocycles. The van der Waals surface area contributed by atoms with Crippen LogP contribution in [0, 0.1) is 12.8 Å². The maximum atomic E-state index is 12.4. The molecule has 0 spiro atoms. The summed E-state index contributed by atoms with van der Waals surface area (Å²) in [5, 5.41) is 13.1. The van der Waals surface area contributed by atoms with Gasteiger partial charge in [-0.3, -0.25) is 4.79 Å². The maximum absolute atomic E-state index is 12.4. The number of ether oxygens (including phenoxy) is 1. The number of anilines is 1. The molecular formula is C19H20ClN3O4S. The molecule has 0 saturated carbocycles. The van der Waals surface area contributed by atoms with Gasteiger partial charge in [-0.2, -0.15) is 0 Å². The van der Waals surface area contributed by atoms with E-state index in [2.05, 4.69) is 29.4 Å². The summed E-state index contributed by atoms with van der Waals surface area (Å²) in [6.07, 6.45) is 0.665. The van der Waals surface area contributed by atoms with E-state index in [4.69, 9.17) is 20.8 Å². The maximum Gasteiger partial charge on any atom is 0.340 e. The highest BCUT2D eigenvalue weighted by atomic mass is 35.5. The topological polar surface area (TPSA) is 94.3 Å². The highest BCUT2D eigenvalue weighted by molar-refractivity contribution is 7.15. The lowest BCUT2D eigenvalue weighted by atomic mass is 10.0. The van der Waals surface area contributed by atoms with Crippen molar-refractivity contribution in [2.24, 2.45) is 5.92 Å². The number of aryl methyl sites for hydroxylation is 1. The molecule has 148 valence electrons. The first-order valence-corrected chi connectivity index (χ1v) is 9.90. The molecule has 0 aliphatic carbocycles. The number of carbonyl (C=O) groups is 1. The fraction of sp³-hybridized carbons (Fsp3) is 0.368. The van der Waals surface area contributed by atoms with Gasteiger partial charge < -0.3 is 14.5 Å². The molecule has 3 rings (SSSR count). The third kappa shape index (κ3) is 4.34. The number of nitrogens with one attached hydrogen (secondary N) is 1. The van der Waals surface area contributed by atoms with E-state index < -0.39 is 5.63 Å². The lowest BCUT2D eigenvalue weighted by Crippen LogP contribution is -2.20. The Bertz CT molecular complexity index is 1090. The molecular weight excluding hydrogens is 402 g/mol. The molecule has 3 aromatic rings. The summed E-state index contributed by atoms with van der Waals surface area (Å²) in [7, 11) is 1.48. The average Bonchev–Trinajstić information content (AvgIpc) is 3.05. The van der Waals surface area contributed by atoms with Crippen LogP contribution in [0.5, 0.6) is 5.75 Å². The Balaban J connectivity index is 1.84. The number of halogens is 1. The number of hydrogen-bond donors (Lipinski definition) is 1. The lowest BCUT2D eigenvalue weighted by Gasteiger charge is -2.10. The van der Waals surface area contributed by atoms with Crippen molar-refractivity contribution < 1.29 is 13.9 Å². The summed E-state index contributed by atoms with van der Waals surface area (Å²) in [6.45, 7) is 5.93. The van der Waals surface area contributed by atoms with Crippen molar-refractivity contribution >= 4 is 44.9 Å². The van der Waals surface area contributed by atoms with E-state index >= 15 is 0 Å². The highest BCUT2D eigenvalue weighted by Crippen LogP contribution is 2.31. The Morgan fingerprint density at radius 1 is 1.36 bits per heavy atom. The van der Waals surface area contributed by atoms with Crippen molar-refractivity contribution in [3.63, 3.8) is 0 Å². The molecule has 1 N–H and O–H groups in total. The molecule has 0 unspecified atom stereocenters. The summed E-state index contributed by atoms with van der Waals surface area (Å²) >= 11 is 7.51. The zero-order valence-corrected chi connectivity index (χ0v) is 17.5. The molecule has 0 aliphatic rings. The van der Waals surface area contributed by atoms with E-state index in [0.717, 1.165) is 11.4 Å². The van der Waals surface area contributed by atoms with Crippen LogP contribution in [-0.4, -0.2) is 23.2 Å². The molecule has 0 saturated heterocycles. The van der Waals surface area contributed by atoms with Crippen molar-refractivity contribution in [1.29, 1.82) is 0 Å². The third-order valence-corrected chi connectivity index (χ3v) is 5.35. The van der Waals surface area contributed by atoms with Gasteiger partial charge in [0.05, 0.1) is 24.1 Å². The van der Waals surface area contributed by atoms with Gasteiger partial charge in [0.25, 0.3) is 0 Å². The van der Waals surface area contributed by atoms with E-state index in [-0.39, 0.29) is 17.9 Å². The number of hydrogen-bond acceptors (Lipinski definition) is 7. The van der Waals surface area contributed by atoms with E-state index in [9.17, 15) is 9.59 Å². The first kappa shape index (κ1) is 20.3. The minimum Gasteiger partial charge on any atom is -0.495 e. The predicted octanol–water partition coefficient (Wildman–Crippen LogP) is 3.99. The van der Waals surface area contributed by atoms with Gasteiger partial charge >= 0.3 is 5.63 Å². The zero-order valence-electron chi connectivity index (χ0n) is 16.0. The Hall–Kier alpha value is -2.45. The van der Waals surface area contributed by atoms with Gasteiger partial charge in [-0.1, -0.05) is 36.8 Å². The monoisotopic (exact) mass is 421 g/mol. The van der Waals surface area contributed by atoms with Crippen molar-refractivity contribution in [1.82, 2.24) is 10.2 Å². The van der Waals surface area contributed by atoms with E-state index in [1.54, 1.807) is 19.1 Å². The van der Waals surface area contributed by atoms with Gasteiger partial charge in [-0.15, -0.1) is 10.2 Å². The van der Waals surface area contributed by atoms with Gasteiger partial charge in [0, 0.05) is 17.9 Å². The summed E-state index contributed by atoms with van der Waals surface area (Å²) in [5.74, 6) is 0.504. The van der Waals surface area contributed by atoms with Crippen LogP contribution in [0.2, 0.25) is 5.02 Å². The molecule has 0 radical (unpaired) electrons. The van der Waals surface area contributed by atoms with E-state index in [1.165, 1.54) is 18.4 Å². The van der Waals surface area contributed by atoms with Gasteiger partial charge in [-0.25, -0.2) is 4.79 Å². The molecule has 28 heavy (non-hydrogen) atoms. The Morgan fingerprint density at radius 3 is 2.79 bits per heavy atom. The van der Waals surface area contributed by atoms with Gasteiger partial charge in [0.15, 0.2) is 0 Å². The van der Waals surface area contributed by atoms with Gasteiger partial charge in [0.1, 0.15) is 16.3 Å². The van der Waals surface area contributed by atoms with Crippen LogP contribution in [0.25, 0.3) is 11.0 Å². The lowest BCUT2D eigenvalue weighted by molar-refractivity contribution is -0.115. The molecule has 0 atom stereocenters. The summed E-state index contributed by atoms with van der Waals surface area (Å²) in [6, 6.07) is 3.23. The molecule has 1 aromatic carbocycles. The molecule has 1 amide bonds.